The molecule has 0 fully saturated rings. The van der Waals surface area contributed by atoms with Crippen LogP contribution in [0.4, 0.5) is 10.3 Å². The molecule has 0 amide bonds. The maximum absolute atomic E-state index is 14.4. The van der Waals surface area contributed by atoms with Crippen molar-refractivity contribution in [3.63, 3.8) is 0 Å². The van der Waals surface area contributed by atoms with Gasteiger partial charge in [0.05, 0.1) is 12.8 Å². The minimum absolute atomic E-state index is 0.0771. The van der Waals surface area contributed by atoms with Gasteiger partial charge in [0.15, 0.2) is 5.82 Å². The van der Waals surface area contributed by atoms with Crippen LogP contribution in [0, 0.1) is 11.7 Å². The highest BCUT2D eigenvalue weighted by atomic mass is 31.2. The molecule has 1 aliphatic heterocycles. The van der Waals surface area contributed by atoms with Gasteiger partial charge in [0.25, 0.3) is 0 Å². The van der Waals surface area contributed by atoms with Crippen LogP contribution < -0.4 is 10.6 Å². The Morgan fingerprint density at radius 1 is 1.52 bits per heavy atom. The second-order valence-electron chi connectivity index (χ2n) is 6.70. The highest BCUT2D eigenvalue weighted by Gasteiger charge is 2.34. The average Bonchev–Trinajstić information content (AvgIpc) is 2.99. The number of halogens is 1. The van der Waals surface area contributed by atoms with E-state index < -0.39 is 13.0 Å². The van der Waals surface area contributed by atoms with Gasteiger partial charge in [0.2, 0.25) is 5.95 Å². The summed E-state index contributed by atoms with van der Waals surface area (Å²) in [6, 6.07) is -0.236. The zero-order valence-corrected chi connectivity index (χ0v) is 15.3. The third kappa shape index (κ3) is 3.53. The molecule has 2 atom stereocenters. The predicted octanol–water partition coefficient (Wildman–Crippen LogP) is 2.76. The third-order valence-electron chi connectivity index (χ3n) is 4.28. The van der Waals surface area contributed by atoms with Crippen LogP contribution in [0.25, 0.3) is 5.57 Å². The van der Waals surface area contributed by atoms with Crippen molar-refractivity contribution < 1.29 is 14.1 Å². The molecule has 0 saturated heterocycles. The van der Waals surface area contributed by atoms with Gasteiger partial charge in [0.1, 0.15) is 12.8 Å². The van der Waals surface area contributed by atoms with Crippen LogP contribution in [-0.2, 0) is 4.57 Å². The Bertz CT molecular complexity index is 828. The van der Waals surface area contributed by atoms with Crippen LogP contribution in [0.2, 0.25) is 0 Å². The van der Waals surface area contributed by atoms with E-state index >= 15 is 0 Å². The van der Waals surface area contributed by atoms with Crippen molar-refractivity contribution >= 4 is 18.7 Å². The van der Waals surface area contributed by atoms with Crippen LogP contribution >= 0.6 is 7.14 Å². The lowest BCUT2D eigenvalue weighted by atomic mass is 9.90. The molecule has 2 heterocycles. The Labute approximate surface area is 146 Å². The van der Waals surface area contributed by atoms with E-state index in [1.54, 1.807) is 26.5 Å². The van der Waals surface area contributed by atoms with Crippen LogP contribution in [-0.4, -0.2) is 41.1 Å². The molecular weight excluding hydrogens is 342 g/mol. The van der Waals surface area contributed by atoms with Crippen molar-refractivity contribution in [3.05, 3.63) is 47.1 Å². The summed E-state index contributed by atoms with van der Waals surface area (Å²) in [5.41, 5.74) is 1.79. The first-order chi connectivity index (χ1) is 11.8. The molecule has 0 saturated carbocycles. The van der Waals surface area contributed by atoms with Gasteiger partial charge in [-0.25, -0.2) is 14.4 Å². The fraction of sp³-hybridized carbons (Fsp3) is 0.412. The second-order valence-corrected chi connectivity index (χ2v) is 9.89. The lowest BCUT2D eigenvalue weighted by Crippen LogP contribution is -2.21. The van der Waals surface area contributed by atoms with E-state index in [1.807, 2.05) is 12.2 Å². The van der Waals surface area contributed by atoms with Gasteiger partial charge in [-0.3, -0.25) is 0 Å². The molecule has 0 spiro atoms. The van der Waals surface area contributed by atoms with Crippen LogP contribution in [0.3, 0.4) is 0 Å². The van der Waals surface area contributed by atoms with Crippen molar-refractivity contribution in [2.45, 2.75) is 19.4 Å². The number of rotatable bonds is 5. The van der Waals surface area contributed by atoms with Gasteiger partial charge in [-0.05, 0) is 26.7 Å². The number of nitrogens with one attached hydrogen (secondary N) is 2. The van der Waals surface area contributed by atoms with Gasteiger partial charge in [-0.2, -0.15) is 0 Å². The molecule has 1 aliphatic carbocycles. The molecule has 25 heavy (non-hydrogen) atoms. The fourth-order valence-electron chi connectivity index (χ4n) is 3.02. The van der Waals surface area contributed by atoms with E-state index in [9.17, 15) is 8.96 Å². The number of anilines is 1. The summed E-state index contributed by atoms with van der Waals surface area (Å²) >= 11 is 0. The number of allylic oxidation sites excluding steroid dienone is 4. The SMILES string of the molecule is C[C@@H](CO)Nc1ncc(F)c(C2=CNC3=C(P(C)(C)=O)C=CCC23)n1. The number of aromatic nitrogens is 2. The number of fused-ring (bicyclic) bond motifs is 1. The Hall–Kier alpha value is -1.98. The van der Waals surface area contributed by atoms with E-state index in [0.29, 0.717) is 12.0 Å². The summed E-state index contributed by atoms with van der Waals surface area (Å²) in [6.07, 6.45) is 7.41. The summed E-state index contributed by atoms with van der Waals surface area (Å²) in [5, 5.41) is 16.0. The number of aliphatic hydroxyl groups excluding tert-OH is 1. The Morgan fingerprint density at radius 3 is 2.96 bits per heavy atom. The molecule has 8 heteroatoms. The molecule has 6 nitrogen and oxygen atoms in total. The molecule has 0 radical (unpaired) electrons. The molecular formula is C17H22FN4O2P. The Balaban J connectivity index is 1.96. The molecule has 2 aliphatic rings. The number of hydrogen-bond acceptors (Lipinski definition) is 6. The minimum atomic E-state index is -2.44. The average molecular weight is 364 g/mol. The second kappa shape index (κ2) is 6.73. The normalized spacial score (nSPS) is 20.8. The third-order valence-corrected chi connectivity index (χ3v) is 5.83. The summed E-state index contributed by atoms with van der Waals surface area (Å²) < 4.78 is 26.9. The van der Waals surface area contributed by atoms with Crippen molar-refractivity contribution in [2.75, 3.05) is 25.3 Å². The van der Waals surface area contributed by atoms with Crippen LogP contribution in [0.5, 0.6) is 0 Å². The largest absolute Gasteiger partial charge is 0.394 e. The van der Waals surface area contributed by atoms with E-state index in [2.05, 4.69) is 20.6 Å². The summed E-state index contributed by atoms with van der Waals surface area (Å²) in [7, 11) is -2.44. The van der Waals surface area contributed by atoms with Gasteiger partial charge in [-0.1, -0.05) is 12.2 Å². The van der Waals surface area contributed by atoms with E-state index in [-0.39, 0.29) is 30.2 Å². The quantitative estimate of drug-likeness (QED) is 0.697. The Morgan fingerprint density at radius 2 is 2.28 bits per heavy atom. The van der Waals surface area contributed by atoms with Crippen molar-refractivity contribution in [3.8, 4) is 0 Å². The summed E-state index contributed by atoms with van der Waals surface area (Å²) in [5.74, 6) is -0.343. The predicted molar refractivity (Wildman–Crippen MR) is 97.0 cm³/mol. The maximum atomic E-state index is 14.4. The molecule has 0 aromatic carbocycles. The summed E-state index contributed by atoms with van der Waals surface area (Å²) in [4.78, 5) is 8.22. The van der Waals surface area contributed by atoms with Crippen molar-refractivity contribution in [1.29, 1.82) is 0 Å². The number of hydrogen-bond donors (Lipinski definition) is 3. The van der Waals surface area contributed by atoms with Crippen molar-refractivity contribution in [2.24, 2.45) is 5.92 Å². The van der Waals surface area contributed by atoms with Crippen LogP contribution in [0.1, 0.15) is 19.0 Å². The smallest absolute Gasteiger partial charge is 0.223 e. The summed E-state index contributed by atoms with van der Waals surface area (Å²) in [6.45, 7) is 5.16. The highest BCUT2D eigenvalue weighted by Crippen LogP contribution is 2.53. The standard InChI is InChI=1S/C17H22FN4O2P/c1-10(9-23)21-17-20-8-13(18)15(22-17)12-7-19-16-11(12)5-4-6-14(16)25(2,3)24/h4,6-8,10-11,19,23H,5,9H2,1-3H3,(H,20,21,22)/t10-,11?/m0/s1. The first-order valence-electron chi connectivity index (χ1n) is 8.14. The van der Waals surface area contributed by atoms with E-state index in [1.165, 1.54) is 0 Å². The fourth-order valence-corrected chi connectivity index (χ4v) is 4.29. The molecule has 1 aromatic heterocycles. The lowest BCUT2D eigenvalue weighted by Gasteiger charge is -2.23. The van der Waals surface area contributed by atoms with E-state index in [4.69, 9.17) is 5.11 Å². The molecule has 1 aromatic rings. The maximum Gasteiger partial charge on any atom is 0.223 e. The highest BCUT2D eigenvalue weighted by molar-refractivity contribution is 7.67. The van der Waals surface area contributed by atoms with Gasteiger partial charge in [-0.15, -0.1) is 0 Å². The topological polar surface area (TPSA) is 87.1 Å². The monoisotopic (exact) mass is 364 g/mol. The van der Waals surface area contributed by atoms with Gasteiger partial charge >= 0.3 is 0 Å². The Kier molecular flexibility index (Phi) is 4.80. The zero-order chi connectivity index (χ0) is 18.2. The molecule has 3 rings (SSSR count). The molecule has 0 bridgehead atoms. The number of aliphatic hydroxyl groups is 1. The van der Waals surface area contributed by atoms with Gasteiger partial charge < -0.3 is 20.3 Å². The van der Waals surface area contributed by atoms with E-state index in [0.717, 1.165) is 17.2 Å². The first-order valence-corrected chi connectivity index (χ1v) is 10.7. The first kappa shape index (κ1) is 17.8. The van der Waals surface area contributed by atoms with Crippen molar-refractivity contribution in [1.82, 2.24) is 15.3 Å². The minimum Gasteiger partial charge on any atom is -0.394 e. The molecule has 134 valence electrons. The number of nitrogens with zero attached hydrogens (tertiary/aromatic N) is 2. The van der Waals surface area contributed by atoms with Crippen LogP contribution in [0.15, 0.2) is 35.6 Å². The molecule has 1 unspecified atom stereocenters. The van der Waals surface area contributed by atoms with Gasteiger partial charge in [0, 0.05) is 34.7 Å². The zero-order valence-electron chi connectivity index (χ0n) is 14.5. The molecule has 3 N–H and O–H groups in total. The lowest BCUT2D eigenvalue weighted by molar-refractivity contribution is 0.281.